The third kappa shape index (κ3) is 3.11. The Kier molecular flexibility index (Phi) is 4.90. The van der Waals surface area contributed by atoms with Crippen LogP contribution in [-0.4, -0.2) is 17.1 Å². The van der Waals surface area contributed by atoms with Crippen molar-refractivity contribution in [2.45, 2.75) is 19.8 Å². The van der Waals surface area contributed by atoms with E-state index in [1.165, 1.54) is 12.1 Å². The maximum atomic E-state index is 13.4. The van der Waals surface area contributed by atoms with Gasteiger partial charge in [-0.1, -0.05) is 12.1 Å². The van der Waals surface area contributed by atoms with E-state index in [1.807, 2.05) is 0 Å². The summed E-state index contributed by atoms with van der Waals surface area (Å²) in [4.78, 5) is 12.5. The number of hydrogen-bond donors (Lipinski definition) is 0. The van der Waals surface area contributed by atoms with Crippen LogP contribution in [0.4, 0.5) is 4.39 Å². The predicted molar refractivity (Wildman–Crippen MR) is 92.8 cm³/mol. The Morgan fingerprint density at radius 1 is 1.31 bits per heavy atom. The molecule has 0 saturated heterocycles. The molecule has 2 heterocycles. The third-order valence-corrected chi connectivity index (χ3v) is 4.09. The number of carbonyl (C=O) groups excluding carboxylic acids is 1. The molecule has 1 atom stereocenters. The zero-order valence-electron chi connectivity index (χ0n) is 14.4. The van der Waals surface area contributed by atoms with Crippen LogP contribution < -0.4 is 0 Å². The molecule has 26 heavy (non-hydrogen) atoms. The summed E-state index contributed by atoms with van der Waals surface area (Å²) >= 11 is 0. The van der Waals surface area contributed by atoms with E-state index in [4.69, 9.17) is 9.47 Å². The van der Waals surface area contributed by atoms with Gasteiger partial charge in [-0.15, -0.1) is 0 Å². The van der Waals surface area contributed by atoms with Crippen LogP contribution in [0.2, 0.25) is 0 Å². The van der Waals surface area contributed by atoms with Crippen LogP contribution in [0.3, 0.4) is 0 Å². The van der Waals surface area contributed by atoms with Gasteiger partial charge in [0, 0.05) is 12.4 Å². The summed E-state index contributed by atoms with van der Waals surface area (Å²) in [5, 5.41) is 9.81. The fourth-order valence-electron chi connectivity index (χ4n) is 2.96. The van der Waals surface area contributed by atoms with Crippen LogP contribution in [0.5, 0.6) is 0 Å². The van der Waals surface area contributed by atoms with Crippen LogP contribution in [0.15, 0.2) is 65.7 Å². The number of allylic oxidation sites excluding steroid dienone is 2. The van der Waals surface area contributed by atoms with Gasteiger partial charge < -0.3 is 9.47 Å². The molecule has 0 saturated carbocycles. The van der Waals surface area contributed by atoms with Gasteiger partial charge in [-0.05, 0) is 43.7 Å². The van der Waals surface area contributed by atoms with Crippen LogP contribution >= 0.6 is 0 Å². The topological polar surface area (TPSA) is 64.2 Å². The quantitative estimate of drug-likeness (QED) is 0.781. The second-order valence-electron chi connectivity index (χ2n) is 5.70. The number of nitriles is 1. The normalized spacial score (nSPS) is 16.9. The molecule has 0 unspecified atom stereocenters. The fourth-order valence-corrected chi connectivity index (χ4v) is 2.96. The first-order valence-electron chi connectivity index (χ1n) is 8.15. The molecule has 0 bridgehead atoms. The van der Waals surface area contributed by atoms with E-state index < -0.39 is 17.7 Å². The molecule has 0 aliphatic carbocycles. The number of halogens is 1. The van der Waals surface area contributed by atoms with Crippen molar-refractivity contribution in [1.82, 2.24) is 4.57 Å². The van der Waals surface area contributed by atoms with Gasteiger partial charge in [0.05, 0.1) is 18.1 Å². The maximum Gasteiger partial charge on any atom is 0.338 e. The first-order chi connectivity index (χ1) is 12.6. The summed E-state index contributed by atoms with van der Waals surface area (Å²) in [6.07, 6.45) is 3.49. The number of rotatable bonds is 4. The van der Waals surface area contributed by atoms with Gasteiger partial charge in [0.2, 0.25) is 5.88 Å². The molecule has 1 aliphatic rings. The second kappa shape index (κ2) is 7.28. The number of carbonyl (C=O) groups is 1. The maximum absolute atomic E-state index is 13.4. The number of ether oxygens (including phenoxy) is 2. The van der Waals surface area contributed by atoms with Crippen molar-refractivity contribution in [3.05, 3.63) is 77.1 Å². The Hall–Kier alpha value is -3.33. The van der Waals surface area contributed by atoms with Gasteiger partial charge >= 0.3 is 5.97 Å². The van der Waals surface area contributed by atoms with Gasteiger partial charge in [0.1, 0.15) is 23.2 Å². The summed E-state index contributed by atoms with van der Waals surface area (Å²) < 4.78 is 26.0. The van der Waals surface area contributed by atoms with E-state index in [-0.39, 0.29) is 17.8 Å². The molecule has 1 aromatic heterocycles. The Morgan fingerprint density at radius 2 is 1.96 bits per heavy atom. The molecule has 2 aromatic rings. The highest BCUT2D eigenvalue weighted by molar-refractivity contribution is 5.93. The summed E-state index contributed by atoms with van der Waals surface area (Å²) in [5.74, 6) is -0.991. The average Bonchev–Trinajstić information content (AvgIpc) is 3.16. The number of benzene rings is 1. The Morgan fingerprint density at radius 3 is 2.54 bits per heavy atom. The number of hydrogen-bond acceptors (Lipinski definition) is 4. The molecule has 132 valence electrons. The summed E-state index contributed by atoms with van der Waals surface area (Å²) in [5.41, 5.74) is 1.10. The molecule has 0 fully saturated rings. The molecule has 0 spiro atoms. The van der Waals surface area contributed by atoms with E-state index in [0.29, 0.717) is 17.2 Å². The highest BCUT2D eigenvalue weighted by Crippen LogP contribution is 2.42. The fraction of sp³-hybridized carbons (Fsp3) is 0.200. The minimum absolute atomic E-state index is 0.196. The van der Waals surface area contributed by atoms with Crippen molar-refractivity contribution in [1.29, 1.82) is 5.26 Å². The monoisotopic (exact) mass is 352 g/mol. The van der Waals surface area contributed by atoms with Crippen LogP contribution in [-0.2, 0) is 14.3 Å². The van der Waals surface area contributed by atoms with Crippen molar-refractivity contribution in [2.24, 2.45) is 0 Å². The summed E-state index contributed by atoms with van der Waals surface area (Å²) in [7, 11) is 0. The first kappa shape index (κ1) is 17.5. The molecular weight excluding hydrogens is 335 g/mol. The molecule has 5 nitrogen and oxygen atoms in total. The van der Waals surface area contributed by atoms with Gasteiger partial charge in [0.15, 0.2) is 0 Å². The molecule has 1 aromatic carbocycles. The molecule has 6 heteroatoms. The van der Waals surface area contributed by atoms with E-state index in [9.17, 15) is 14.4 Å². The molecule has 0 N–H and O–H groups in total. The van der Waals surface area contributed by atoms with Crippen molar-refractivity contribution in [3.8, 4) is 6.07 Å². The van der Waals surface area contributed by atoms with Gasteiger partial charge in [-0.3, -0.25) is 4.57 Å². The molecule has 3 rings (SSSR count). The van der Waals surface area contributed by atoms with Crippen molar-refractivity contribution < 1.29 is 18.7 Å². The molecule has 0 amide bonds. The lowest BCUT2D eigenvalue weighted by Crippen LogP contribution is -2.24. The molecule has 0 radical (unpaired) electrons. The largest absolute Gasteiger partial charge is 0.463 e. The molecule has 1 aliphatic heterocycles. The third-order valence-electron chi connectivity index (χ3n) is 4.09. The summed E-state index contributed by atoms with van der Waals surface area (Å²) in [6, 6.07) is 11.5. The lowest BCUT2D eigenvalue weighted by Gasteiger charge is -2.28. The Balaban J connectivity index is 2.20. The van der Waals surface area contributed by atoms with Crippen molar-refractivity contribution >= 4 is 11.9 Å². The van der Waals surface area contributed by atoms with Gasteiger partial charge in [-0.25, -0.2) is 9.18 Å². The van der Waals surface area contributed by atoms with Gasteiger partial charge in [0.25, 0.3) is 0 Å². The Labute approximate surface area is 150 Å². The zero-order valence-corrected chi connectivity index (χ0v) is 14.4. The standard InChI is InChI=1S/C20H17FN2O3/c1-3-25-20(24)17-13(2)26-19(23-10-4-5-11-23)16(12-22)18(17)14-6-8-15(21)9-7-14/h4-11,18H,3H2,1-2H3/t18-/m1/s1. The zero-order chi connectivity index (χ0) is 18.7. The van der Waals surface area contributed by atoms with E-state index in [2.05, 4.69) is 6.07 Å². The summed E-state index contributed by atoms with van der Waals surface area (Å²) in [6.45, 7) is 3.55. The SMILES string of the molecule is CCOC(=O)C1=C(C)OC(n2cccc2)=C(C#N)[C@H]1c1ccc(F)cc1. The lowest BCUT2D eigenvalue weighted by atomic mass is 9.83. The lowest BCUT2D eigenvalue weighted by molar-refractivity contribution is -0.139. The Bertz CT molecular complexity index is 919. The van der Waals surface area contributed by atoms with Crippen LogP contribution in [0.1, 0.15) is 25.3 Å². The van der Waals surface area contributed by atoms with E-state index in [1.54, 1.807) is 55.1 Å². The average molecular weight is 352 g/mol. The van der Waals surface area contributed by atoms with Crippen molar-refractivity contribution in [2.75, 3.05) is 6.61 Å². The van der Waals surface area contributed by atoms with Crippen LogP contribution in [0, 0.1) is 17.1 Å². The first-order valence-corrected chi connectivity index (χ1v) is 8.15. The van der Waals surface area contributed by atoms with E-state index in [0.717, 1.165) is 0 Å². The number of nitrogens with zero attached hydrogens (tertiary/aromatic N) is 2. The number of esters is 1. The van der Waals surface area contributed by atoms with E-state index >= 15 is 0 Å². The van der Waals surface area contributed by atoms with Crippen LogP contribution in [0.25, 0.3) is 5.88 Å². The highest BCUT2D eigenvalue weighted by Gasteiger charge is 2.37. The second-order valence-corrected chi connectivity index (χ2v) is 5.70. The minimum atomic E-state index is -0.703. The van der Waals surface area contributed by atoms with Crippen molar-refractivity contribution in [3.63, 3.8) is 0 Å². The molecular formula is C20H17FN2O3. The predicted octanol–water partition coefficient (Wildman–Crippen LogP) is 3.97. The highest BCUT2D eigenvalue weighted by atomic mass is 19.1. The number of aromatic nitrogens is 1. The minimum Gasteiger partial charge on any atom is -0.463 e. The smallest absolute Gasteiger partial charge is 0.338 e. The van der Waals surface area contributed by atoms with Gasteiger partial charge in [-0.2, -0.15) is 5.26 Å².